The van der Waals surface area contributed by atoms with Crippen molar-refractivity contribution in [1.82, 2.24) is 15.1 Å². The Hall–Kier alpha value is -2.50. The molecule has 3 rings (SSSR count). The van der Waals surface area contributed by atoms with Gasteiger partial charge in [-0.05, 0) is 55.9 Å². The number of carbonyl (C=O) groups is 1. The topological polar surface area (TPSA) is 65.4 Å². The molecule has 1 saturated carbocycles. The van der Waals surface area contributed by atoms with E-state index in [0.29, 0.717) is 12.3 Å². The first-order chi connectivity index (χ1) is 12.1. The molecule has 1 aliphatic carbocycles. The Bertz CT molecular complexity index is 720. The minimum Gasteiger partial charge on any atom is -0.493 e. The number of amides is 1. The van der Waals surface area contributed by atoms with Crippen LogP contribution < -0.4 is 14.8 Å². The van der Waals surface area contributed by atoms with E-state index in [1.54, 1.807) is 18.0 Å². The zero-order valence-corrected chi connectivity index (χ0v) is 14.8. The maximum Gasteiger partial charge on any atom is 0.241 e. The summed E-state index contributed by atoms with van der Waals surface area (Å²) in [6, 6.07) is 5.81. The second-order valence-corrected chi connectivity index (χ2v) is 6.50. The number of benzene rings is 1. The predicted molar refractivity (Wildman–Crippen MR) is 94.7 cm³/mol. The standard InChI is InChI=1S/C19H25N3O3/c1-14-10-21-22(12-14)13-19(23)20-11-15-7-8-17(18(9-15)24-2)25-16-5-3-4-6-16/h7-10,12,16H,3-6,11,13H2,1-2H3,(H,20,23). The third-order valence-electron chi connectivity index (χ3n) is 4.38. The first kappa shape index (κ1) is 17.3. The predicted octanol–water partition coefficient (Wildman–Crippen LogP) is 2.84. The average Bonchev–Trinajstić information content (AvgIpc) is 3.25. The van der Waals surface area contributed by atoms with Gasteiger partial charge < -0.3 is 14.8 Å². The molecule has 1 aromatic heterocycles. The largest absolute Gasteiger partial charge is 0.493 e. The van der Waals surface area contributed by atoms with Crippen molar-refractivity contribution in [3.05, 3.63) is 41.7 Å². The van der Waals surface area contributed by atoms with Crippen LogP contribution in [0.25, 0.3) is 0 Å². The van der Waals surface area contributed by atoms with E-state index in [1.165, 1.54) is 12.8 Å². The Morgan fingerprint density at radius 3 is 2.80 bits per heavy atom. The highest BCUT2D eigenvalue weighted by Crippen LogP contribution is 2.32. The van der Waals surface area contributed by atoms with Crippen LogP contribution in [-0.2, 0) is 17.9 Å². The van der Waals surface area contributed by atoms with E-state index in [-0.39, 0.29) is 18.6 Å². The van der Waals surface area contributed by atoms with Crippen LogP contribution in [-0.4, -0.2) is 28.9 Å². The van der Waals surface area contributed by atoms with Crippen molar-refractivity contribution in [2.45, 2.75) is 51.8 Å². The van der Waals surface area contributed by atoms with E-state index in [0.717, 1.165) is 29.7 Å². The molecule has 1 heterocycles. The fraction of sp³-hybridized carbons (Fsp3) is 0.474. The van der Waals surface area contributed by atoms with Crippen LogP contribution in [0.15, 0.2) is 30.6 Å². The molecular weight excluding hydrogens is 318 g/mol. The smallest absolute Gasteiger partial charge is 0.241 e. The molecule has 0 saturated heterocycles. The van der Waals surface area contributed by atoms with Gasteiger partial charge in [0.2, 0.25) is 5.91 Å². The van der Waals surface area contributed by atoms with Crippen LogP contribution in [0.4, 0.5) is 0 Å². The molecule has 1 amide bonds. The molecule has 6 heteroatoms. The highest BCUT2D eigenvalue weighted by atomic mass is 16.5. The van der Waals surface area contributed by atoms with Crippen LogP contribution in [0.1, 0.15) is 36.8 Å². The zero-order chi connectivity index (χ0) is 17.6. The number of aromatic nitrogens is 2. The minimum absolute atomic E-state index is 0.0756. The molecule has 0 bridgehead atoms. The van der Waals surface area contributed by atoms with Gasteiger partial charge in [-0.1, -0.05) is 6.07 Å². The van der Waals surface area contributed by atoms with E-state index < -0.39 is 0 Å². The van der Waals surface area contributed by atoms with E-state index in [2.05, 4.69) is 10.4 Å². The van der Waals surface area contributed by atoms with E-state index in [4.69, 9.17) is 9.47 Å². The molecule has 6 nitrogen and oxygen atoms in total. The Kier molecular flexibility index (Phi) is 5.58. The van der Waals surface area contributed by atoms with Gasteiger partial charge >= 0.3 is 0 Å². The van der Waals surface area contributed by atoms with Gasteiger partial charge in [0.1, 0.15) is 6.54 Å². The number of carbonyl (C=O) groups excluding carboxylic acids is 1. The van der Waals surface area contributed by atoms with Gasteiger partial charge in [0, 0.05) is 12.7 Å². The summed E-state index contributed by atoms with van der Waals surface area (Å²) < 4.78 is 13.1. The SMILES string of the molecule is COc1cc(CNC(=O)Cn2cc(C)cn2)ccc1OC1CCCC1. The van der Waals surface area contributed by atoms with Crippen molar-refractivity contribution in [1.29, 1.82) is 0 Å². The van der Waals surface area contributed by atoms with E-state index in [1.807, 2.05) is 31.3 Å². The summed E-state index contributed by atoms with van der Waals surface area (Å²) >= 11 is 0. The number of nitrogens with zero attached hydrogens (tertiary/aromatic N) is 2. The van der Waals surface area contributed by atoms with Crippen molar-refractivity contribution < 1.29 is 14.3 Å². The maximum absolute atomic E-state index is 12.0. The highest BCUT2D eigenvalue weighted by molar-refractivity contribution is 5.75. The molecule has 1 aliphatic rings. The van der Waals surface area contributed by atoms with Crippen molar-refractivity contribution in [3.63, 3.8) is 0 Å². The first-order valence-corrected chi connectivity index (χ1v) is 8.73. The monoisotopic (exact) mass is 343 g/mol. The van der Waals surface area contributed by atoms with Gasteiger partial charge in [-0.2, -0.15) is 5.10 Å². The summed E-state index contributed by atoms with van der Waals surface area (Å²) in [4.78, 5) is 12.0. The van der Waals surface area contributed by atoms with E-state index in [9.17, 15) is 4.79 Å². The molecule has 1 aromatic carbocycles. The number of hydrogen-bond donors (Lipinski definition) is 1. The normalized spacial score (nSPS) is 14.5. The molecule has 0 radical (unpaired) electrons. The lowest BCUT2D eigenvalue weighted by Crippen LogP contribution is -2.27. The summed E-state index contributed by atoms with van der Waals surface area (Å²) in [6.07, 6.45) is 8.54. The number of hydrogen-bond acceptors (Lipinski definition) is 4. The van der Waals surface area contributed by atoms with Crippen molar-refractivity contribution in [2.75, 3.05) is 7.11 Å². The number of methoxy groups -OCH3 is 1. The fourth-order valence-corrected chi connectivity index (χ4v) is 3.06. The molecule has 1 fully saturated rings. The molecule has 0 spiro atoms. The maximum atomic E-state index is 12.0. The zero-order valence-electron chi connectivity index (χ0n) is 14.8. The third-order valence-corrected chi connectivity index (χ3v) is 4.38. The second kappa shape index (κ2) is 8.05. The summed E-state index contributed by atoms with van der Waals surface area (Å²) in [7, 11) is 1.64. The van der Waals surface area contributed by atoms with Crippen molar-refractivity contribution >= 4 is 5.91 Å². The summed E-state index contributed by atoms with van der Waals surface area (Å²) in [5, 5.41) is 7.02. The molecule has 0 atom stereocenters. The molecule has 0 aliphatic heterocycles. The van der Waals surface area contributed by atoms with Crippen LogP contribution in [0.5, 0.6) is 11.5 Å². The van der Waals surface area contributed by atoms with Gasteiger partial charge in [-0.3, -0.25) is 9.48 Å². The molecule has 134 valence electrons. The lowest BCUT2D eigenvalue weighted by molar-refractivity contribution is -0.122. The van der Waals surface area contributed by atoms with E-state index >= 15 is 0 Å². The van der Waals surface area contributed by atoms with Gasteiger partial charge in [0.25, 0.3) is 0 Å². The Morgan fingerprint density at radius 2 is 2.12 bits per heavy atom. The molecule has 25 heavy (non-hydrogen) atoms. The summed E-state index contributed by atoms with van der Waals surface area (Å²) in [5.74, 6) is 1.41. The molecule has 2 aromatic rings. The van der Waals surface area contributed by atoms with Crippen LogP contribution in [0, 0.1) is 6.92 Å². The van der Waals surface area contributed by atoms with Gasteiger partial charge in [-0.25, -0.2) is 0 Å². The Labute approximate surface area is 148 Å². The number of rotatable bonds is 7. The first-order valence-electron chi connectivity index (χ1n) is 8.73. The number of aryl methyl sites for hydroxylation is 1. The van der Waals surface area contributed by atoms with Gasteiger partial charge in [0.15, 0.2) is 11.5 Å². The average molecular weight is 343 g/mol. The molecule has 1 N–H and O–H groups in total. The third kappa shape index (κ3) is 4.75. The summed E-state index contributed by atoms with van der Waals surface area (Å²) in [5.41, 5.74) is 2.01. The van der Waals surface area contributed by atoms with Crippen LogP contribution in [0.2, 0.25) is 0 Å². The second-order valence-electron chi connectivity index (χ2n) is 6.50. The van der Waals surface area contributed by atoms with Crippen molar-refractivity contribution in [3.8, 4) is 11.5 Å². The van der Waals surface area contributed by atoms with Crippen molar-refractivity contribution in [2.24, 2.45) is 0 Å². The fourth-order valence-electron chi connectivity index (χ4n) is 3.06. The highest BCUT2D eigenvalue weighted by Gasteiger charge is 2.18. The van der Waals surface area contributed by atoms with Crippen LogP contribution in [0.3, 0.4) is 0 Å². The Morgan fingerprint density at radius 1 is 1.32 bits per heavy atom. The molecular formula is C19H25N3O3. The quantitative estimate of drug-likeness (QED) is 0.839. The number of ether oxygens (including phenoxy) is 2. The van der Waals surface area contributed by atoms with Crippen LogP contribution >= 0.6 is 0 Å². The lowest BCUT2D eigenvalue weighted by Gasteiger charge is -2.16. The lowest BCUT2D eigenvalue weighted by atomic mass is 10.2. The molecule has 0 unspecified atom stereocenters. The van der Waals surface area contributed by atoms with Gasteiger partial charge in [0.05, 0.1) is 19.4 Å². The number of nitrogens with one attached hydrogen (secondary N) is 1. The summed E-state index contributed by atoms with van der Waals surface area (Å²) in [6.45, 7) is 2.61. The minimum atomic E-state index is -0.0756. The van der Waals surface area contributed by atoms with Gasteiger partial charge in [-0.15, -0.1) is 0 Å². The Balaban J connectivity index is 1.55.